The molecule has 0 fully saturated rings. The van der Waals surface area contributed by atoms with Crippen LogP contribution in [-0.2, 0) is 16.2 Å². The van der Waals surface area contributed by atoms with Crippen LogP contribution in [0.5, 0.6) is 0 Å². The van der Waals surface area contributed by atoms with Crippen molar-refractivity contribution in [3.63, 3.8) is 0 Å². The van der Waals surface area contributed by atoms with Crippen LogP contribution in [0.15, 0.2) is 176 Å². The lowest BCUT2D eigenvalue weighted by Gasteiger charge is -2.36. The highest BCUT2D eigenvalue weighted by Gasteiger charge is 2.29. The molecular weight excluding hydrogens is 757 g/mol. The summed E-state index contributed by atoms with van der Waals surface area (Å²) in [5.74, 6) is 0. The summed E-state index contributed by atoms with van der Waals surface area (Å²) >= 11 is 1.87. The third kappa shape index (κ3) is 7.84. The van der Waals surface area contributed by atoms with Gasteiger partial charge in [0.1, 0.15) is 0 Å². The first kappa shape index (κ1) is 40.3. The second-order valence-corrected chi connectivity index (χ2v) is 20.7. The van der Waals surface area contributed by atoms with Gasteiger partial charge in [-0.15, -0.1) is 11.3 Å². The van der Waals surface area contributed by atoms with Gasteiger partial charge in [0.25, 0.3) is 0 Å². The highest BCUT2D eigenvalue weighted by molar-refractivity contribution is 7.25. The van der Waals surface area contributed by atoms with Gasteiger partial charge in [0.15, 0.2) is 0 Å². The predicted octanol–water partition coefficient (Wildman–Crippen LogP) is 17.7. The SMILES string of the molecule is CC(C)(C)c1ccc(N(c2ccccc2)c2cc(C(C)(C)C)cc(N(c3ccc(C(C)(C)C)cc3)c3ccc4c(c3)sc3ccccc34)c2-c2ccc3ccccc3c2)cc1. The second-order valence-electron chi connectivity index (χ2n) is 19.6. The molecule has 0 aliphatic heterocycles. The molecule has 0 saturated heterocycles. The molecule has 0 radical (unpaired) electrons. The summed E-state index contributed by atoms with van der Waals surface area (Å²) in [7, 11) is 0. The number of hydrogen-bond donors (Lipinski definition) is 0. The second kappa shape index (κ2) is 15.4. The number of rotatable bonds is 7. The number of anilines is 6. The quantitative estimate of drug-likeness (QED) is 0.158. The minimum absolute atomic E-state index is 0.0215. The van der Waals surface area contributed by atoms with Crippen molar-refractivity contribution >= 4 is 76.4 Å². The van der Waals surface area contributed by atoms with Crippen LogP contribution in [0.3, 0.4) is 0 Å². The van der Waals surface area contributed by atoms with E-state index in [1.54, 1.807) is 0 Å². The van der Waals surface area contributed by atoms with Gasteiger partial charge in [-0.2, -0.15) is 0 Å². The van der Waals surface area contributed by atoms with Gasteiger partial charge in [-0.1, -0.05) is 165 Å². The number of para-hydroxylation sites is 1. The zero-order valence-electron chi connectivity index (χ0n) is 37.0. The topological polar surface area (TPSA) is 6.48 Å². The van der Waals surface area contributed by atoms with Crippen LogP contribution in [-0.4, -0.2) is 0 Å². The molecule has 0 spiro atoms. The predicted molar refractivity (Wildman–Crippen MR) is 268 cm³/mol. The van der Waals surface area contributed by atoms with E-state index < -0.39 is 0 Å². The normalized spacial score (nSPS) is 12.3. The summed E-state index contributed by atoms with van der Waals surface area (Å²) in [4.78, 5) is 5.00. The molecule has 0 aliphatic carbocycles. The molecule has 0 saturated carbocycles. The molecule has 304 valence electrons. The average Bonchev–Trinajstić information content (AvgIpc) is 3.61. The standard InChI is InChI=1S/C58H56N2S/c1-56(2,3)42-25-29-46(30-26-42)59(45-19-11-10-12-20-45)51-36-44(58(7,8)9)37-52(55(51)41-24-23-39-17-13-14-18-40(39)35-41)60(47-31-27-43(28-32-47)57(4,5)6)48-33-34-50-49-21-15-16-22-53(49)61-54(50)38-48/h10-38H,1-9H3. The Labute approximate surface area is 366 Å². The van der Waals surface area contributed by atoms with Crippen molar-refractivity contribution in [1.29, 1.82) is 0 Å². The molecule has 8 aromatic carbocycles. The Balaban J connectivity index is 1.41. The van der Waals surface area contributed by atoms with Crippen molar-refractivity contribution in [3.8, 4) is 11.1 Å². The molecule has 2 nitrogen and oxygen atoms in total. The first-order chi connectivity index (χ1) is 29.1. The monoisotopic (exact) mass is 812 g/mol. The molecule has 0 unspecified atom stereocenters. The Bertz CT molecular complexity index is 3010. The number of benzene rings is 8. The van der Waals surface area contributed by atoms with Gasteiger partial charge in [0.2, 0.25) is 0 Å². The minimum atomic E-state index is -0.166. The van der Waals surface area contributed by atoms with Crippen molar-refractivity contribution < 1.29 is 0 Å². The van der Waals surface area contributed by atoms with Crippen LogP contribution < -0.4 is 9.80 Å². The smallest absolute Gasteiger partial charge is 0.0564 e. The Morgan fingerprint density at radius 2 is 0.820 bits per heavy atom. The van der Waals surface area contributed by atoms with Gasteiger partial charge in [-0.05, 0) is 122 Å². The largest absolute Gasteiger partial charge is 0.310 e. The van der Waals surface area contributed by atoms with Gasteiger partial charge in [0, 0.05) is 48.5 Å². The fourth-order valence-electron chi connectivity index (χ4n) is 8.54. The van der Waals surface area contributed by atoms with Crippen LogP contribution in [0.1, 0.15) is 79.0 Å². The maximum absolute atomic E-state index is 2.52. The van der Waals surface area contributed by atoms with E-state index in [1.807, 2.05) is 11.3 Å². The molecule has 9 aromatic rings. The fourth-order valence-corrected chi connectivity index (χ4v) is 9.68. The van der Waals surface area contributed by atoms with Crippen LogP contribution in [0.25, 0.3) is 42.1 Å². The van der Waals surface area contributed by atoms with E-state index in [9.17, 15) is 0 Å². The molecular formula is C58H56N2S. The molecule has 3 heteroatoms. The Kier molecular flexibility index (Phi) is 10.2. The Morgan fingerprint density at radius 1 is 0.344 bits per heavy atom. The van der Waals surface area contributed by atoms with Crippen molar-refractivity contribution in [3.05, 3.63) is 193 Å². The average molecular weight is 813 g/mol. The summed E-state index contributed by atoms with van der Waals surface area (Å²) in [6.45, 7) is 20.7. The van der Waals surface area contributed by atoms with Crippen molar-refractivity contribution in [1.82, 2.24) is 0 Å². The number of fused-ring (bicyclic) bond motifs is 4. The van der Waals surface area contributed by atoms with E-state index in [1.165, 1.54) is 53.2 Å². The van der Waals surface area contributed by atoms with Gasteiger partial charge in [-0.3, -0.25) is 0 Å². The zero-order chi connectivity index (χ0) is 42.7. The molecule has 1 aromatic heterocycles. The summed E-state index contributed by atoms with van der Waals surface area (Å²) in [6.07, 6.45) is 0. The highest BCUT2D eigenvalue weighted by atomic mass is 32.1. The van der Waals surface area contributed by atoms with Crippen LogP contribution in [0.4, 0.5) is 34.1 Å². The van der Waals surface area contributed by atoms with E-state index in [-0.39, 0.29) is 16.2 Å². The van der Waals surface area contributed by atoms with Crippen LogP contribution >= 0.6 is 11.3 Å². The van der Waals surface area contributed by atoms with Crippen LogP contribution in [0.2, 0.25) is 0 Å². The minimum Gasteiger partial charge on any atom is -0.310 e. The van der Waals surface area contributed by atoms with Gasteiger partial charge < -0.3 is 9.80 Å². The van der Waals surface area contributed by atoms with Crippen molar-refractivity contribution in [2.75, 3.05) is 9.80 Å². The summed E-state index contributed by atoms with van der Waals surface area (Å²) < 4.78 is 2.58. The highest BCUT2D eigenvalue weighted by Crippen LogP contribution is 2.52. The summed E-state index contributed by atoms with van der Waals surface area (Å²) in [5.41, 5.74) is 12.8. The summed E-state index contributed by atoms with van der Waals surface area (Å²) in [6, 6.07) is 65.9. The molecule has 1 heterocycles. The maximum atomic E-state index is 2.52. The lowest BCUT2D eigenvalue weighted by molar-refractivity contribution is 0.589. The molecule has 0 N–H and O–H groups in total. The maximum Gasteiger partial charge on any atom is 0.0564 e. The number of hydrogen-bond acceptors (Lipinski definition) is 3. The lowest BCUT2D eigenvalue weighted by atomic mass is 9.83. The lowest BCUT2D eigenvalue weighted by Crippen LogP contribution is -2.20. The van der Waals surface area contributed by atoms with Gasteiger partial charge in [-0.25, -0.2) is 0 Å². The van der Waals surface area contributed by atoms with Gasteiger partial charge in [0.05, 0.1) is 11.4 Å². The third-order valence-corrected chi connectivity index (χ3v) is 13.2. The van der Waals surface area contributed by atoms with E-state index in [2.05, 4.69) is 248 Å². The molecule has 0 amide bonds. The van der Waals surface area contributed by atoms with Crippen LogP contribution in [0, 0.1) is 0 Å². The molecule has 9 rings (SSSR count). The Hall–Kier alpha value is -6.16. The molecule has 61 heavy (non-hydrogen) atoms. The summed E-state index contributed by atoms with van der Waals surface area (Å²) in [5, 5.41) is 5.04. The van der Waals surface area contributed by atoms with E-state index in [0.717, 1.165) is 39.7 Å². The molecule has 0 atom stereocenters. The van der Waals surface area contributed by atoms with E-state index >= 15 is 0 Å². The third-order valence-electron chi connectivity index (χ3n) is 12.1. The zero-order valence-corrected chi connectivity index (χ0v) is 37.9. The first-order valence-electron chi connectivity index (χ1n) is 21.6. The van der Waals surface area contributed by atoms with E-state index in [0.29, 0.717) is 0 Å². The van der Waals surface area contributed by atoms with Gasteiger partial charge >= 0.3 is 0 Å². The molecule has 0 bridgehead atoms. The fraction of sp³-hybridized carbons (Fsp3) is 0.207. The molecule has 0 aliphatic rings. The van der Waals surface area contributed by atoms with Crippen molar-refractivity contribution in [2.24, 2.45) is 0 Å². The number of nitrogens with zero attached hydrogens (tertiary/aromatic N) is 2. The van der Waals surface area contributed by atoms with Crippen molar-refractivity contribution in [2.45, 2.75) is 78.6 Å². The first-order valence-corrected chi connectivity index (χ1v) is 22.4. The Morgan fingerprint density at radius 3 is 1.41 bits per heavy atom. The van der Waals surface area contributed by atoms with E-state index in [4.69, 9.17) is 0 Å². The number of thiophene rings is 1.